The monoisotopic (exact) mass is 534 g/mol. The Morgan fingerprint density at radius 1 is 1.08 bits per heavy atom. The molecule has 0 saturated heterocycles. The van der Waals surface area contributed by atoms with Gasteiger partial charge in [0, 0.05) is 25.6 Å². The van der Waals surface area contributed by atoms with Gasteiger partial charge in [0.25, 0.3) is 0 Å². The molecule has 0 amide bonds. The zero-order valence-corrected chi connectivity index (χ0v) is 22.9. The number of likely N-dealkylation sites (N-methyl/N-ethyl adjacent to an activating group) is 1. The van der Waals surface area contributed by atoms with Gasteiger partial charge in [0.15, 0.2) is 0 Å². The maximum Gasteiger partial charge on any atom is 0.304 e. The van der Waals surface area contributed by atoms with Crippen LogP contribution in [0.3, 0.4) is 0 Å². The van der Waals surface area contributed by atoms with Crippen molar-refractivity contribution in [3.05, 3.63) is 94.0 Å². The molecule has 2 atom stereocenters. The van der Waals surface area contributed by atoms with E-state index in [2.05, 4.69) is 24.1 Å². The van der Waals surface area contributed by atoms with Gasteiger partial charge in [0.1, 0.15) is 16.7 Å². The molecule has 2 aliphatic rings. The normalized spacial score (nSPS) is 20.0. The van der Waals surface area contributed by atoms with Crippen molar-refractivity contribution < 1.29 is 23.1 Å². The van der Waals surface area contributed by atoms with Gasteiger partial charge in [-0.3, -0.25) is 4.79 Å². The molecule has 2 aliphatic heterocycles. The van der Waals surface area contributed by atoms with Gasteiger partial charge in [-0.1, -0.05) is 48.5 Å². The summed E-state index contributed by atoms with van der Waals surface area (Å²) in [5.74, 6) is -0.833. The molecule has 1 N–H and O–H groups in total. The number of carboxylic acids is 1. The predicted molar refractivity (Wildman–Crippen MR) is 146 cm³/mol. The standard InChI is InChI=1S/C30H34N2O5S/c1-20-8-9-23(27(16-30(33)34)24-10-11-25-18-31(3)13-12-22(25)14-24)15-26(20)19-32-17-21(2)37-28-6-4-5-7-29(28)38(32,35)36/h4-11,14-15,21,27H,12-13,16-19H2,1-3H3,(H,33,34)/t21-,27?/m1/s1. The van der Waals surface area contributed by atoms with Gasteiger partial charge in [-0.05, 0) is 72.8 Å². The van der Waals surface area contributed by atoms with Crippen molar-refractivity contribution in [3.8, 4) is 5.75 Å². The first kappa shape index (κ1) is 26.4. The van der Waals surface area contributed by atoms with Crippen LogP contribution in [0, 0.1) is 6.92 Å². The lowest BCUT2D eigenvalue weighted by Crippen LogP contribution is -2.35. The second-order valence-corrected chi connectivity index (χ2v) is 12.4. The molecule has 0 saturated carbocycles. The molecular weight excluding hydrogens is 500 g/mol. The fourth-order valence-electron chi connectivity index (χ4n) is 5.49. The zero-order chi connectivity index (χ0) is 27.0. The molecule has 200 valence electrons. The number of ether oxygens (including phenoxy) is 1. The molecule has 0 radical (unpaired) electrons. The lowest BCUT2D eigenvalue weighted by atomic mass is 9.84. The Labute approximate surface area is 224 Å². The van der Waals surface area contributed by atoms with Crippen molar-refractivity contribution in [2.24, 2.45) is 0 Å². The number of rotatable bonds is 6. The third kappa shape index (κ3) is 5.34. The molecule has 8 heteroatoms. The van der Waals surface area contributed by atoms with E-state index in [1.54, 1.807) is 24.3 Å². The quantitative estimate of drug-likeness (QED) is 0.499. The lowest BCUT2D eigenvalue weighted by molar-refractivity contribution is -0.137. The Morgan fingerprint density at radius 2 is 1.82 bits per heavy atom. The highest BCUT2D eigenvalue weighted by molar-refractivity contribution is 7.89. The number of benzene rings is 3. The third-order valence-electron chi connectivity index (χ3n) is 7.59. The molecule has 1 unspecified atom stereocenters. The summed E-state index contributed by atoms with van der Waals surface area (Å²) in [6.45, 7) is 6.09. The number of hydrogen-bond donors (Lipinski definition) is 1. The van der Waals surface area contributed by atoms with E-state index in [1.165, 1.54) is 15.4 Å². The number of carboxylic acid groups (broad SMARTS) is 1. The maximum atomic E-state index is 13.6. The number of aliphatic carboxylic acids is 1. The summed E-state index contributed by atoms with van der Waals surface area (Å²) in [5.41, 5.74) is 6.21. The minimum absolute atomic E-state index is 0.0402. The lowest BCUT2D eigenvalue weighted by Gasteiger charge is -2.27. The van der Waals surface area contributed by atoms with Gasteiger partial charge in [-0.15, -0.1) is 0 Å². The first-order valence-corrected chi connectivity index (χ1v) is 14.4. The van der Waals surface area contributed by atoms with Gasteiger partial charge in [-0.25, -0.2) is 8.42 Å². The highest BCUT2D eigenvalue weighted by Gasteiger charge is 2.33. The van der Waals surface area contributed by atoms with Crippen molar-refractivity contribution in [1.82, 2.24) is 9.21 Å². The number of carbonyl (C=O) groups is 1. The number of nitrogens with zero attached hydrogens (tertiary/aromatic N) is 2. The van der Waals surface area contributed by atoms with Crippen LogP contribution < -0.4 is 4.74 Å². The first-order chi connectivity index (χ1) is 18.1. The number of sulfonamides is 1. The Bertz CT molecular complexity index is 1470. The molecule has 2 heterocycles. The second kappa shape index (κ2) is 10.5. The Balaban J connectivity index is 1.50. The zero-order valence-electron chi connectivity index (χ0n) is 22.1. The number of fused-ring (bicyclic) bond motifs is 2. The number of hydrogen-bond acceptors (Lipinski definition) is 5. The highest BCUT2D eigenvalue weighted by atomic mass is 32.2. The number of para-hydroxylation sites is 1. The molecule has 0 aromatic heterocycles. The molecule has 5 rings (SSSR count). The largest absolute Gasteiger partial charge is 0.488 e. The minimum Gasteiger partial charge on any atom is -0.488 e. The fourth-order valence-corrected chi connectivity index (χ4v) is 7.10. The van der Waals surface area contributed by atoms with Crippen molar-refractivity contribution in [1.29, 1.82) is 0 Å². The molecule has 0 fully saturated rings. The first-order valence-electron chi connectivity index (χ1n) is 13.0. The molecule has 0 spiro atoms. The summed E-state index contributed by atoms with van der Waals surface area (Å²) in [4.78, 5) is 14.4. The van der Waals surface area contributed by atoms with E-state index in [1.807, 2.05) is 38.1 Å². The van der Waals surface area contributed by atoms with E-state index >= 15 is 0 Å². The van der Waals surface area contributed by atoms with Crippen LogP contribution in [0.1, 0.15) is 52.6 Å². The molecule has 0 bridgehead atoms. The molecule has 3 aromatic carbocycles. The van der Waals surface area contributed by atoms with E-state index in [0.717, 1.165) is 41.8 Å². The van der Waals surface area contributed by atoms with Crippen LogP contribution in [-0.2, 0) is 34.3 Å². The van der Waals surface area contributed by atoms with Crippen LogP contribution in [0.5, 0.6) is 5.75 Å². The van der Waals surface area contributed by atoms with Crippen molar-refractivity contribution in [2.45, 2.75) is 56.7 Å². The van der Waals surface area contributed by atoms with Gasteiger partial charge in [-0.2, -0.15) is 4.31 Å². The second-order valence-electron chi connectivity index (χ2n) is 10.5. The van der Waals surface area contributed by atoms with Crippen LogP contribution >= 0.6 is 0 Å². The molecule has 3 aromatic rings. The van der Waals surface area contributed by atoms with Gasteiger partial charge >= 0.3 is 5.97 Å². The van der Waals surface area contributed by atoms with Gasteiger partial charge in [0.2, 0.25) is 10.0 Å². The summed E-state index contributed by atoms with van der Waals surface area (Å²) < 4.78 is 34.6. The average Bonchev–Trinajstić information content (AvgIpc) is 2.97. The van der Waals surface area contributed by atoms with E-state index in [-0.39, 0.29) is 36.4 Å². The maximum absolute atomic E-state index is 13.6. The summed E-state index contributed by atoms with van der Waals surface area (Å²) in [5, 5.41) is 9.78. The Kier molecular flexibility index (Phi) is 7.31. The fraction of sp³-hybridized carbons (Fsp3) is 0.367. The molecule has 0 aliphatic carbocycles. The average molecular weight is 535 g/mol. The molecule has 7 nitrogen and oxygen atoms in total. The van der Waals surface area contributed by atoms with Crippen molar-refractivity contribution in [2.75, 3.05) is 20.1 Å². The molecule has 38 heavy (non-hydrogen) atoms. The topological polar surface area (TPSA) is 87.2 Å². The SMILES string of the molecule is Cc1ccc(C(CC(=O)O)c2ccc3c(c2)CCN(C)C3)cc1CN1C[C@@H](C)Oc2ccccc2S1(=O)=O. The van der Waals surface area contributed by atoms with Crippen molar-refractivity contribution in [3.63, 3.8) is 0 Å². The van der Waals surface area contributed by atoms with Gasteiger partial charge in [0.05, 0.1) is 13.0 Å². The van der Waals surface area contributed by atoms with Crippen LogP contribution in [-0.4, -0.2) is 54.9 Å². The van der Waals surface area contributed by atoms with Crippen LogP contribution in [0.2, 0.25) is 0 Å². The summed E-state index contributed by atoms with van der Waals surface area (Å²) >= 11 is 0. The Hall–Kier alpha value is -3.20. The number of aryl methyl sites for hydroxylation is 1. The summed E-state index contributed by atoms with van der Waals surface area (Å²) in [6, 6.07) is 19.0. The van der Waals surface area contributed by atoms with E-state index in [0.29, 0.717) is 5.75 Å². The predicted octanol–water partition coefficient (Wildman–Crippen LogP) is 4.56. The van der Waals surface area contributed by atoms with Crippen LogP contribution in [0.25, 0.3) is 0 Å². The third-order valence-corrected chi connectivity index (χ3v) is 9.44. The molecular formula is C30H34N2O5S. The van der Waals surface area contributed by atoms with Gasteiger partial charge < -0.3 is 14.7 Å². The van der Waals surface area contributed by atoms with E-state index in [4.69, 9.17) is 4.74 Å². The van der Waals surface area contributed by atoms with Crippen molar-refractivity contribution >= 4 is 16.0 Å². The Morgan fingerprint density at radius 3 is 2.61 bits per heavy atom. The van der Waals surface area contributed by atoms with E-state index in [9.17, 15) is 18.3 Å². The van der Waals surface area contributed by atoms with Crippen LogP contribution in [0.15, 0.2) is 65.6 Å². The smallest absolute Gasteiger partial charge is 0.304 e. The highest BCUT2D eigenvalue weighted by Crippen LogP contribution is 2.35. The minimum atomic E-state index is -3.78. The van der Waals surface area contributed by atoms with E-state index < -0.39 is 16.0 Å². The van der Waals surface area contributed by atoms with Crippen LogP contribution in [0.4, 0.5) is 0 Å². The summed E-state index contributed by atoms with van der Waals surface area (Å²) in [6.07, 6.45) is 0.584. The summed E-state index contributed by atoms with van der Waals surface area (Å²) in [7, 11) is -1.67.